The third-order valence-electron chi connectivity index (χ3n) is 5.14. The van der Waals surface area contributed by atoms with Crippen LogP contribution >= 0.6 is 22.9 Å². The molecule has 0 fully saturated rings. The van der Waals surface area contributed by atoms with Gasteiger partial charge in [0.1, 0.15) is 11.5 Å². The minimum atomic E-state index is -1.03. The highest BCUT2D eigenvalue weighted by Crippen LogP contribution is 2.39. The molecule has 0 bridgehead atoms. The molecule has 1 aliphatic rings. The Hall–Kier alpha value is -3.81. The number of carbonyl (C=O) groups is 2. The molecule has 8 heteroatoms. The van der Waals surface area contributed by atoms with Gasteiger partial charge in [-0.1, -0.05) is 41.9 Å². The van der Waals surface area contributed by atoms with E-state index >= 15 is 0 Å². The number of anilines is 1. The number of fused-ring (bicyclic) bond motifs is 1. The fourth-order valence-electron chi connectivity index (χ4n) is 3.54. The van der Waals surface area contributed by atoms with Crippen LogP contribution in [0.4, 0.5) is 10.1 Å². The number of amides is 1. The number of halogens is 2. The highest BCUT2D eigenvalue weighted by atomic mass is 35.5. The van der Waals surface area contributed by atoms with Crippen molar-refractivity contribution in [3.63, 3.8) is 0 Å². The molecule has 0 unspecified atom stereocenters. The first-order valence-electron chi connectivity index (χ1n) is 9.83. The number of nitrogens with zero attached hydrogens (tertiary/aromatic N) is 2. The van der Waals surface area contributed by atoms with E-state index in [-0.39, 0.29) is 11.3 Å². The van der Waals surface area contributed by atoms with Gasteiger partial charge >= 0.3 is 5.97 Å². The van der Waals surface area contributed by atoms with Crippen molar-refractivity contribution in [1.82, 2.24) is 0 Å². The summed E-state index contributed by atoms with van der Waals surface area (Å²) in [5.41, 5.74) is 1.38. The number of carbonyl (C=O) groups excluding carboxylic acids is 1. The second kappa shape index (κ2) is 8.27. The number of hydrogen-bond acceptors (Lipinski definition) is 4. The van der Waals surface area contributed by atoms with Crippen LogP contribution in [0.1, 0.15) is 20.8 Å². The Morgan fingerprint density at radius 2 is 1.73 bits per heavy atom. The van der Waals surface area contributed by atoms with Crippen molar-refractivity contribution in [3.8, 4) is 0 Å². The number of rotatable bonds is 4. The molecule has 0 spiro atoms. The summed E-state index contributed by atoms with van der Waals surface area (Å²) in [4.78, 5) is 31.1. The molecule has 33 heavy (non-hydrogen) atoms. The Balaban J connectivity index is 1.64. The van der Waals surface area contributed by atoms with Crippen molar-refractivity contribution >= 4 is 62.5 Å². The summed E-state index contributed by atoms with van der Waals surface area (Å²) in [6.07, 6.45) is 1.58. The normalized spacial score (nSPS) is 14.8. The van der Waals surface area contributed by atoms with Gasteiger partial charge in [0, 0.05) is 10.1 Å². The fourth-order valence-corrected chi connectivity index (χ4v) is 5.03. The maximum atomic E-state index is 13.5. The molecule has 1 amide bonds. The third kappa shape index (κ3) is 3.82. The zero-order chi connectivity index (χ0) is 23.1. The van der Waals surface area contributed by atoms with Crippen LogP contribution in [0.25, 0.3) is 16.2 Å². The SMILES string of the molecule is O=C(O)c1ccc(/C=C2/N=C(c3sc4ccccc4c3Cl)N(c3ccc(F)cc3)C2=O)cc1. The molecule has 0 saturated heterocycles. The van der Waals surface area contributed by atoms with E-state index in [1.165, 1.54) is 52.6 Å². The molecule has 3 aromatic carbocycles. The minimum absolute atomic E-state index is 0.143. The van der Waals surface area contributed by atoms with E-state index in [4.69, 9.17) is 16.7 Å². The molecule has 1 N–H and O–H groups in total. The van der Waals surface area contributed by atoms with E-state index in [1.54, 1.807) is 18.2 Å². The summed E-state index contributed by atoms with van der Waals surface area (Å²) in [6.45, 7) is 0. The molecule has 0 aliphatic carbocycles. The van der Waals surface area contributed by atoms with Crippen molar-refractivity contribution in [2.24, 2.45) is 4.99 Å². The fraction of sp³-hybridized carbons (Fsp3) is 0. The molecule has 1 aromatic heterocycles. The van der Waals surface area contributed by atoms with Gasteiger partial charge in [-0.2, -0.15) is 0 Å². The molecule has 2 heterocycles. The molecule has 0 saturated carbocycles. The Labute approximate surface area is 196 Å². The number of benzene rings is 3. The second-order valence-electron chi connectivity index (χ2n) is 7.25. The van der Waals surface area contributed by atoms with E-state index in [1.807, 2.05) is 24.3 Å². The van der Waals surface area contributed by atoms with Crippen molar-refractivity contribution in [2.45, 2.75) is 0 Å². The van der Waals surface area contributed by atoms with Gasteiger partial charge in [0.25, 0.3) is 5.91 Å². The highest BCUT2D eigenvalue weighted by molar-refractivity contribution is 7.21. The van der Waals surface area contributed by atoms with Crippen LogP contribution < -0.4 is 4.90 Å². The molecule has 0 radical (unpaired) electrons. The van der Waals surface area contributed by atoms with E-state index in [9.17, 15) is 14.0 Å². The van der Waals surface area contributed by atoms with E-state index in [2.05, 4.69) is 4.99 Å². The predicted molar refractivity (Wildman–Crippen MR) is 129 cm³/mol. The van der Waals surface area contributed by atoms with E-state index in [0.29, 0.717) is 27.0 Å². The number of carboxylic acids is 1. The molecule has 5 rings (SSSR count). The summed E-state index contributed by atoms with van der Waals surface area (Å²) in [5, 5.41) is 10.4. The zero-order valence-electron chi connectivity index (χ0n) is 16.8. The van der Waals surface area contributed by atoms with Gasteiger partial charge in [-0.05, 0) is 54.1 Å². The second-order valence-corrected chi connectivity index (χ2v) is 8.68. The van der Waals surface area contributed by atoms with Gasteiger partial charge in [0.05, 0.1) is 21.2 Å². The summed E-state index contributed by atoms with van der Waals surface area (Å²) >= 11 is 8.09. The van der Waals surface area contributed by atoms with Crippen molar-refractivity contribution in [3.05, 3.63) is 105 Å². The average molecular weight is 477 g/mol. The first-order chi connectivity index (χ1) is 15.9. The van der Waals surface area contributed by atoms with Crippen molar-refractivity contribution in [2.75, 3.05) is 4.90 Å². The van der Waals surface area contributed by atoms with Crippen LogP contribution in [0.2, 0.25) is 5.02 Å². The maximum Gasteiger partial charge on any atom is 0.335 e. The summed E-state index contributed by atoms with van der Waals surface area (Å²) < 4.78 is 14.5. The molecular formula is C25H14ClFN2O3S. The van der Waals surface area contributed by atoms with E-state index < -0.39 is 17.7 Å². The van der Waals surface area contributed by atoms with Crippen LogP contribution in [-0.2, 0) is 4.79 Å². The molecule has 0 atom stereocenters. The third-order valence-corrected chi connectivity index (χ3v) is 6.82. The molecule has 5 nitrogen and oxygen atoms in total. The number of aliphatic imine (C=N–C) groups is 1. The number of hydrogen-bond donors (Lipinski definition) is 1. The summed E-state index contributed by atoms with van der Waals surface area (Å²) in [6, 6.07) is 19.3. The molecule has 1 aliphatic heterocycles. The lowest BCUT2D eigenvalue weighted by atomic mass is 10.1. The standard InChI is InChI=1S/C25H14ClFN2O3S/c26-21-18-3-1-2-4-20(18)33-22(21)23-28-19(13-14-5-7-15(8-6-14)25(31)32)24(30)29(23)17-11-9-16(27)10-12-17/h1-13H,(H,31,32)/b19-13+. The number of carboxylic acid groups (broad SMARTS) is 1. The van der Waals surface area contributed by atoms with Crippen molar-refractivity contribution < 1.29 is 19.1 Å². The minimum Gasteiger partial charge on any atom is -0.478 e. The Morgan fingerprint density at radius 1 is 1.03 bits per heavy atom. The first kappa shape index (κ1) is 21.1. The lowest BCUT2D eigenvalue weighted by Crippen LogP contribution is -2.32. The Morgan fingerprint density at radius 3 is 2.39 bits per heavy atom. The van der Waals surface area contributed by atoms with Gasteiger partial charge in [0.15, 0.2) is 5.84 Å². The zero-order valence-corrected chi connectivity index (χ0v) is 18.4. The van der Waals surface area contributed by atoms with Crippen LogP contribution in [0, 0.1) is 5.82 Å². The quantitative estimate of drug-likeness (QED) is 0.355. The van der Waals surface area contributed by atoms with Gasteiger partial charge in [-0.25, -0.2) is 14.2 Å². The van der Waals surface area contributed by atoms with Gasteiger partial charge in [-0.3, -0.25) is 9.69 Å². The summed E-state index contributed by atoms with van der Waals surface area (Å²) in [7, 11) is 0. The molecule has 4 aromatic rings. The topological polar surface area (TPSA) is 70.0 Å². The summed E-state index contributed by atoms with van der Waals surface area (Å²) in [5.74, 6) is -1.50. The van der Waals surface area contributed by atoms with Crippen LogP contribution in [0.3, 0.4) is 0 Å². The van der Waals surface area contributed by atoms with Gasteiger partial charge in [-0.15, -0.1) is 11.3 Å². The lowest BCUT2D eigenvalue weighted by Gasteiger charge is -2.17. The smallest absolute Gasteiger partial charge is 0.335 e. The first-order valence-corrected chi connectivity index (χ1v) is 11.0. The van der Waals surface area contributed by atoms with Crippen molar-refractivity contribution in [1.29, 1.82) is 0 Å². The lowest BCUT2D eigenvalue weighted by molar-refractivity contribution is -0.113. The monoisotopic (exact) mass is 476 g/mol. The number of amidine groups is 1. The highest BCUT2D eigenvalue weighted by Gasteiger charge is 2.35. The Kier molecular flexibility index (Phi) is 5.28. The predicted octanol–water partition coefficient (Wildman–Crippen LogP) is 6.23. The Bertz CT molecular complexity index is 1470. The van der Waals surface area contributed by atoms with E-state index in [0.717, 1.165) is 10.1 Å². The van der Waals surface area contributed by atoms with Crippen LogP contribution in [0.5, 0.6) is 0 Å². The largest absolute Gasteiger partial charge is 0.478 e. The maximum absolute atomic E-state index is 13.5. The van der Waals surface area contributed by atoms with Crippen LogP contribution in [0.15, 0.2) is 83.5 Å². The molecular weight excluding hydrogens is 463 g/mol. The van der Waals surface area contributed by atoms with Gasteiger partial charge < -0.3 is 5.11 Å². The molecule has 162 valence electrons. The number of aromatic carboxylic acids is 1. The number of thiophene rings is 1. The van der Waals surface area contributed by atoms with Crippen LogP contribution in [-0.4, -0.2) is 22.8 Å². The average Bonchev–Trinajstić information content (AvgIpc) is 3.32. The van der Waals surface area contributed by atoms with Gasteiger partial charge in [0.2, 0.25) is 0 Å².